The molecule has 19 heavy (non-hydrogen) atoms. The van der Waals surface area contributed by atoms with Crippen molar-refractivity contribution in [2.24, 2.45) is 5.73 Å². The minimum absolute atomic E-state index is 0.477. The van der Waals surface area contributed by atoms with E-state index in [2.05, 4.69) is 42.0 Å². The van der Waals surface area contributed by atoms with Crippen molar-refractivity contribution in [2.45, 2.75) is 26.2 Å². The summed E-state index contributed by atoms with van der Waals surface area (Å²) < 4.78 is 5.51. The van der Waals surface area contributed by atoms with Crippen LogP contribution in [0.25, 0.3) is 11.3 Å². The van der Waals surface area contributed by atoms with Crippen LogP contribution in [0.1, 0.15) is 31.0 Å². The van der Waals surface area contributed by atoms with Crippen molar-refractivity contribution in [3.05, 3.63) is 35.8 Å². The summed E-state index contributed by atoms with van der Waals surface area (Å²) in [6.07, 6.45) is 2.49. The second kappa shape index (κ2) is 5.89. The topological polar surface area (TPSA) is 63.9 Å². The van der Waals surface area contributed by atoms with Gasteiger partial charge in [-0.25, -0.2) is 4.98 Å². The molecule has 0 saturated carbocycles. The molecule has 0 fully saturated rings. The van der Waals surface area contributed by atoms with Crippen molar-refractivity contribution >= 4 is 0 Å². The highest BCUT2D eigenvalue weighted by atomic mass is 16.5. The minimum Gasteiger partial charge on any atom is -0.496 e. The van der Waals surface area contributed by atoms with Gasteiger partial charge in [0, 0.05) is 17.7 Å². The van der Waals surface area contributed by atoms with E-state index in [9.17, 15) is 0 Å². The highest BCUT2D eigenvalue weighted by Gasteiger charge is 2.14. The number of H-pyrrole nitrogens is 1. The molecule has 1 aromatic carbocycles. The minimum atomic E-state index is 0.477. The molecule has 4 nitrogen and oxygen atoms in total. The van der Waals surface area contributed by atoms with Crippen LogP contribution in [0.4, 0.5) is 0 Å². The molecule has 0 aliphatic carbocycles. The SMILES string of the molecule is COc1cc(C(C)C)ccc1-c1nc[nH]c1CCN. The van der Waals surface area contributed by atoms with Crippen LogP contribution in [0, 0.1) is 0 Å². The van der Waals surface area contributed by atoms with Gasteiger partial charge < -0.3 is 15.5 Å². The number of hydrogen-bond donors (Lipinski definition) is 2. The largest absolute Gasteiger partial charge is 0.496 e. The molecule has 0 aliphatic heterocycles. The summed E-state index contributed by atoms with van der Waals surface area (Å²) in [5.74, 6) is 1.34. The second-order valence-electron chi connectivity index (χ2n) is 4.88. The van der Waals surface area contributed by atoms with Gasteiger partial charge in [0.25, 0.3) is 0 Å². The maximum atomic E-state index is 5.62. The fourth-order valence-electron chi connectivity index (χ4n) is 2.15. The Morgan fingerprint density at radius 3 is 2.79 bits per heavy atom. The number of ether oxygens (including phenoxy) is 1. The highest BCUT2D eigenvalue weighted by Crippen LogP contribution is 2.33. The van der Waals surface area contributed by atoms with Gasteiger partial charge in [-0.3, -0.25) is 0 Å². The first-order valence-electron chi connectivity index (χ1n) is 6.58. The number of methoxy groups -OCH3 is 1. The average molecular weight is 259 g/mol. The molecule has 0 saturated heterocycles. The van der Waals surface area contributed by atoms with Gasteiger partial charge in [-0.15, -0.1) is 0 Å². The number of nitrogens with zero attached hydrogens (tertiary/aromatic N) is 1. The van der Waals surface area contributed by atoms with Crippen LogP contribution in [0.15, 0.2) is 24.5 Å². The number of nitrogens with one attached hydrogen (secondary N) is 1. The van der Waals surface area contributed by atoms with E-state index in [1.165, 1.54) is 5.56 Å². The zero-order chi connectivity index (χ0) is 13.8. The summed E-state index contributed by atoms with van der Waals surface area (Å²) in [5, 5.41) is 0. The maximum absolute atomic E-state index is 5.62. The Balaban J connectivity index is 2.46. The molecule has 2 rings (SSSR count). The Morgan fingerprint density at radius 1 is 1.37 bits per heavy atom. The summed E-state index contributed by atoms with van der Waals surface area (Å²) in [6, 6.07) is 6.29. The van der Waals surface area contributed by atoms with Crippen LogP contribution in [0.3, 0.4) is 0 Å². The number of imidazole rings is 1. The van der Waals surface area contributed by atoms with Crippen LogP contribution >= 0.6 is 0 Å². The van der Waals surface area contributed by atoms with E-state index < -0.39 is 0 Å². The Labute approximate surface area is 114 Å². The van der Waals surface area contributed by atoms with Crippen molar-refractivity contribution in [1.82, 2.24) is 9.97 Å². The summed E-state index contributed by atoms with van der Waals surface area (Å²) in [5.41, 5.74) is 9.88. The standard InChI is InChI=1S/C15H21N3O/c1-10(2)11-4-5-12(14(8-11)19-3)15-13(6-7-16)17-9-18-15/h4-5,8-10H,6-7,16H2,1-3H3,(H,17,18). The van der Waals surface area contributed by atoms with Gasteiger partial charge in [0.1, 0.15) is 5.75 Å². The van der Waals surface area contributed by atoms with Gasteiger partial charge in [-0.05, 0) is 30.2 Å². The molecule has 3 N–H and O–H groups in total. The van der Waals surface area contributed by atoms with E-state index in [1.807, 2.05) is 0 Å². The van der Waals surface area contributed by atoms with Gasteiger partial charge in [0.15, 0.2) is 0 Å². The highest BCUT2D eigenvalue weighted by molar-refractivity contribution is 5.70. The molecule has 0 atom stereocenters. The number of nitrogens with two attached hydrogens (primary N) is 1. The quantitative estimate of drug-likeness (QED) is 0.867. The molecule has 1 aromatic heterocycles. The number of aromatic nitrogens is 2. The Hall–Kier alpha value is -1.81. The second-order valence-corrected chi connectivity index (χ2v) is 4.88. The van der Waals surface area contributed by atoms with E-state index in [1.54, 1.807) is 13.4 Å². The monoisotopic (exact) mass is 259 g/mol. The average Bonchev–Trinajstić information content (AvgIpc) is 2.86. The molecular weight excluding hydrogens is 238 g/mol. The van der Waals surface area contributed by atoms with E-state index >= 15 is 0 Å². The summed E-state index contributed by atoms with van der Waals surface area (Å²) in [7, 11) is 1.69. The molecule has 0 radical (unpaired) electrons. The number of aromatic amines is 1. The lowest BCUT2D eigenvalue weighted by atomic mass is 9.99. The zero-order valence-corrected chi connectivity index (χ0v) is 11.7. The predicted molar refractivity (Wildman–Crippen MR) is 77.4 cm³/mol. The molecule has 1 heterocycles. The third-order valence-corrected chi connectivity index (χ3v) is 3.26. The van der Waals surface area contributed by atoms with E-state index in [-0.39, 0.29) is 0 Å². The lowest BCUT2D eigenvalue weighted by Gasteiger charge is -2.12. The fraction of sp³-hybridized carbons (Fsp3) is 0.400. The molecule has 0 amide bonds. The van der Waals surface area contributed by atoms with Crippen molar-refractivity contribution in [3.63, 3.8) is 0 Å². The zero-order valence-electron chi connectivity index (χ0n) is 11.7. The smallest absolute Gasteiger partial charge is 0.128 e. The fourth-order valence-corrected chi connectivity index (χ4v) is 2.15. The Morgan fingerprint density at radius 2 is 2.16 bits per heavy atom. The van der Waals surface area contributed by atoms with Crippen molar-refractivity contribution < 1.29 is 4.74 Å². The summed E-state index contributed by atoms with van der Waals surface area (Å²) >= 11 is 0. The Kier molecular flexibility index (Phi) is 4.22. The van der Waals surface area contributed by atoms with Gasteiger partial charge >= 0.3 is 0 Å². The van der Waals surface area contributed by atoms with Crippen LogP contribution in [-0.4, -0.2) is 23.6 Å². The van der Waals surface area contributed by atoms with Gasteiger partial charge in [-0.2, -0.15) is 0 Å². The van der Waals surface area contributed by atoms with E-state index in [4.69, 9.17) is 10.5 Å². The molecule has 0 aliphatic rings. The number of hydrogen-bond acceptors (Lipinski definition) is 3. The molecule has 4 heteroatoms. The van der Waals surface area contributed by atoms with Crippen molar-refractivity contribution in [3.8, 4) is 17.0 Å². The van der Waals surface area contributed by atoms with Gasteiger partial charge in [0.05, 0.1) is 19.1 Å². The van der Waals surface area contributed by atoms with E-state index in [0.29, 0.717) is 12.5 Å². The first kappa shape index (κ1) is 13.6. The van der Waals surface area contributed by atoms with Crippen LogP contribution < -0.4 is 10.5 Å². The third-order valence-electron chi connectivity index (χ3n) is 3.26. The molecule has 102 valence electrons. The van der Waals surface area contributed by atoms with Crippen molar-refractivity contribution in [2.75, 3.05) is 13.7 Å². The van der Waals surface area contributed by atoms with Crippen LogP contribution in [0.2, 0.25) is 0 Å². The molecular formula is C15H21N3O. The first-order valence-corrected chi connectivity index (χ1v) is 6.58. The number of rotatable bonds is 5. The molecule has 0 bridgehead atoms. The van der Waals surface area contributed by atoms with Gasteiger partial charge in [-0.1, -0.05) is 19.9 Å². The summed E-state index contributed by atoms with van der Waals surface area (Å²) in [4.78, 5) is 7.54. The Bertz CT molecular complexity index is 546. The number of benzene rings is 1. The summed E-state index contributed by atoms with van der Waals surface area (Å²) in [6.45, 7) is 4.94. The lowest BCUT2D eigenvalue weighted by molar-refractivity contribution is 0.415. The van der Waals surface area contributed by atoms with Crippen molar-refractivity contribution in [1.29, 1.82) is 0 Å². The third kappa shape index (κ3) is 2.79. The van der Waals surface area contributed by atoms with Crippen LogP contribution in [-0.2, 0) is 6.42 Å². The first-order chi connectivity index (χ1) is 9.17. The van der Waals surface area contributed by atoms with E-state index in [0.717, 1.165) is 29.1 Å². The normalized spacial score (nSPS) is 11.0. The van der Waals surface area contributed by atoms with Gasteiger partial charge in [0.2, 0.25) is 0 Å². The maximum Gasteiger partial charge on any atom is 0.128 e. The lowest BCUT2D eigenvalue weighted by Crippen LogP contribution is -2.04. The molecule has 0 unspecified atom stereocenters. The molecule has 0 spiro atoms. The predicted octanol–water partition coefficient (Wildman–Crippen LogP) is 2.71. The van der Waals surface area contributed by atoms with Crippen LogP contribution in [0.5, 0.6) is 5.75 Å². The molecule has 2 aromatic rings.